The quantitative estimate of drug-likeness (QED) is 0.131. The number of carbonyl (C=O) groups is 4. The van der Waals surface area contributed by atoms with Crippen LogP contribution in [0.15, 0.2) is 21.8 Å². The van der Waals surface area contributed by atoms with Crippen LogP contribution < -0.4 is 11.1 Å². The van der Waals surface area contributed by atoms with Gasteiger partial charge >= 0.3 is 11.9 Å². The van der Waals surface area contributed by atoms with Gasteiger partial charge in [-0.3, -0.25) is 19.3 Å². The molecule has 3 N–H and O–H groups in total. The van der Waals surface area contributed by atoms with Crippen LogP contribution >= 0.6 is 23.1 Å². The maximum Gasteiger partial charge on any atom is 0.358 e. The predicted octanol–water partition coefficient (Wildman–Crippen LogP) is 0.466. The van der Waals surface area contributed by atoms with Crippen LogP contribution in [0.3, 0.4) is 0 Å². The average Bonchev–Trinajstić information content (AvgIpc) is 3.25. The number of hydrogen-bond acceptors (Lipinski definition) is 13. The van der Waals surface area contributed by atoms with Gasteiger partial charge in [0.15, 0.2) is 10.8 Å². The van der Waals surface area contributed by atoms with Crippen molar-refractivity contribution in [1.29, 1.82) is 0 Å². The van der Waals surface area contributed by atoms with Gasteiger partial charge < -0.3 is 30.1 Å². The predicted molar refractivity (Wildman–Crippen MR) is 131 cm³/mol. The number of fused-ring (bicyclic) bond motifs is 1. The zero-order valence-corrected chi connectivity index (χ0v) is 21.8. The van der Waals surface area contributed by atoms with Crippen LogP contribution in [0.25, 0.3) is 0 Å². The van der Waals surface area contributed by atoms with Crippen molar-refractivity contribution in [3.8, 4) is 0 Å². The third kappa shape index (κ3) is 6.14. The van der Waals surface area contributed by atoms with Crippen LogP contribution in [0.2, 0.25) is 0 Å². The van der Waals surface area contributed by atoms with Crippen LogP contribution in [0.5, 0.6) is 0 Å². The molecule has 0 aromatic carbocycles. The van der Waals surface area contributed by atoms with Gasteiger partial charge in [0.2, 0.25) is 6.79 Å². The van der Waals surface area contributed by atoms with Crippen LogP contribution in [0.4, 0.5) is 5.13 Å². The van der Waals surface area contributed by atoms with E-state index in [1.54, 1.807) is 5.38 Å². The van der Waals surface area contributed by atoms with Gasteiger partial charge in [0, 0.05) is 24.7 Å². The number of esters is 2. The molecule has 196 valence electrons. The van der Waals surface area contributed by atoms with E-state index in [-0.39, 0.29) is 41.2 Å². The fourth-order valence-electron chi connectivity index (χ4n) is 3.47. The van der Waals surface area contributed by atoms with Crippen molar-refractivity contribution in [2.24, 2.45) is 11.1 Å². The molecule has 0 saturated carbocycles. The Bertz CT molecular complexity index is 1090. The number of nitrogens with one attached hydrogen (secondary N) is 1. The molecule has 1 aromatic heterocycles. The summed E-state index contributed by atoms with van der Waals surface area (Å²) in [5.74, 6) is -2.09. The van der Waals surface area contributed by atoms with Crippen molar-refractivity contribution >= 4 is 57.7 Å². The molecule has 15 heteroatoms. The van der Waals surface area contributed by atoms with Gasteiger partial charge in [-0.05, 0) is 11.5 Å². The Morgan fingerprint density at radius 2 is 2.06 bits per heavy atom. The minimum Gasteiger partial charge on any atom is -0.428 e. The van der Waals surface area contributed by atoms with Crippen LogP contribution in [-0.4, -0.2) is 84.1 Å². The Kier molecular flexibility index (Phi) is 9.28. The van der Waals surface area contributed by atoms with E-state index in [0.29, 0.717) is 11.3 Å². The summed E-state index contributed by atoms with van der Waals surface area (Å²) in [7, 11) is 2.74. The minimum atomic E-state index is -0.934. The first kappa shape index (κ1) is 27.4. The Labute approximate surface area is 215 Å². The Morgan fingerprint density at radius 1 is 1.31 bits per heavy atom. The molecule has 2 amide bonds. The van der Waals surface area contributed by atoms with E-state index < -0.39 is 42.0 Å². The number of anilines is 1. The molecule has 0 radical (unpaired) electrons. The Balaban J connectivity index is 1.70. The summed E-state index contributed by atoms with van der Waals surface area (Å²) in [5, 5.41) is 7.55. The zero-order valence-electron chi connectivity index (χ0n) is 20.1. The molecule has 1 unspecified atom stereocenters. The molecule has 13 nitrogen and oxygen atoms in total. The number of nitrogens with two attached hydrogens (primary N) is 1. The number of nitrogen functional groups attached to an aromatic ring is 1. The second kappa shape index (κ2) is 12.2. The van der Waals surface area contributed by atoms with E-state index in [1.807, 2.05) is 13.8 Å². The number of β-lactam (4-membered cyclic amide) rings is 1. The fraction of sp³-hybridized carbons (Fsp3) is 0.524. The van der Waals surface area contributed by atoms with Crippen LogP contribution in [0, 0.1) is 5.92 Å². The molecule has 1 aromatic rings. The van der Waals surface area contributed by atoms with Gasteiger partial charge in [0.1, 0.15) is 29.9 Å². The largest absolute Gasteiger partial charge is 0.428 e. The molecule has 1 saturated heterocycles. The van der Waals surface area contributed by atoms with Crippen LogP contribution in [-0.2, 0) is 38.2 Å². The number of carbonyl (C=O) groups excluding carboxylic acids is 4. The van der Waals surface area contributed by atoms with Gasteiger partial charge in [-0.2, -0.15) is 0 Å². The van der Waals surface area contributed by atoms with Gasteiger partial charge in [0.25, 0.3) is 11.8 Å². The summed E-state index contributed by atoms with van der Waals surface area (Å²) >= 11 is 2.47. The lowest BCUT2D eigenvalue weighted by Crippen LogP contribution is -2.71. The highest BCUT2D eigenvalue weighted by Gasteiger charge is 2.54. The molecule has 36 heavy (non-hydrogen) atoms. The summed E-state index contributed by atoms with van der Waals surface area (Å²) in [6.45, 7) is 3.22. The van der Waals surface area contributed by atoms with Crippen molar-refractivity contribution in [2.75, 3.05) is 39.1 Å². The SMILES string of the molecule is COCC1=C(C(=O)OCOC(=O)CC(C)C)N2C(=O)C(NC(=O)C(=NOC)c3csc(N)n3)[C@@H]2SC1. The number of oxime groups is 1. The number of nitrogens with zero attached hydrogens (tertiary/aromatic N) is 3. The summed E-state index contributed by atoms with van der Waals surface area (Å²) in [5.41, 5.74) is 6.25. The fourth-order valence-corrected chi connectivity index (χ4v) is 5.34. The molecular weight excluding hydrogens is 514 g/mol. The first-order valence-electron chi connectivity index (χ1n) is 10.8. The number of amides is 2. The summed E-state index contributed by atoms with van der Waals surface area (Å²) in [6.07, 6.45) is 0.182. The van der Waals surface area contributed by atoms with E-state index in [2.05, 4.69) is 15.5 Å². The maximum atomic E-state index is 13.0. The lowest BCUT2D eigenvalue weighted by Gasteiger charge is -2.49. The van der Waals surface area contributed by atoms with Crippen molar-refractivity contribution in [3.63, 3.8) is 0 Å². The number of methoxy groups -OCH3 is 1. The molecule has 0 aliphatic carbocycles. The molecule has 2 aliphatic rings. The first-order chi connectivity index (χ1) is 17.2. The average molecular weight is 542 g/mol. The van der Waals surface area contributed by atoms with E-state index in [1.165, 1.54) is 30.9 Å². The first-order valence-corrected chi connectivity index (χ1v) is 12.7. The highest BCUT2D eigenvalue weighted by Crippen LogP contribution is 2.40. The smallest absolute Gasteiger partial charge is 0.358 e. The van der Waals surface area contributed by atoms with Gasteiger partial charge in [-0.1, -0.05) is 19.0 Å². The van der Waals surface area contributed by atoms with Crippen molar-refractivity contribution in [2.45, 2.75) is 31.7 Å². The van der Waals surface area contributed by atoms with Gasteiger partial charge in [-0.15, -0.1) is 23.1 Å². The standard InChI is InChI=1S/C21H27N5O8S2/c1-10(2)5-13(27)33-9-34-20(30)16-11(6-31-3)7-35-19-15(18(29)26(16)19)24-17(28)14(25-32-4)12-8-36-21(22)23-12/h8,10,15,19H,5-7,9H2,1-4H3,(H2,22,23)(H,24,28)/t15?,19-/m0/s1. The lowest BCUT2D eigenvalue weighted by atomic mass is 10.0. The number of thiazole rings is 1. The van der Waals surface area contributed by atoms with E-state index in [0.717, 1.165) is 11.3 Å². The number of rotatable bonds is 11. The van der Waals surface area contributed by atoms with Crippen molar-refractivity contribution in [1.82, 2.24) is 15.2 Å². The van der Waals surface area contributed by atoms with Gasteiger partial charge in [0.05, 0.1) is 6.61 Å². The van der Waals surface area contributed by atoms with E-state index in [9.17, 15) is 19.2 Å². The summed E-state index contributed by atoms with van der Waals surface area (Å²) in [4.78, 5) is 60.5. The highest BCUT2D eigenvalue weighted by atomic mass is 32.2. The molecule has 3 rings (SSSR count). The Hall–Kier alpha value is -3.17. The second-order valence-corrected chi connectivity index (χ2v) is 10.1. The van der Waals surface area contributed by atoms with Crippen molar-refractivity contribution in [3.05, 3.63) is 22.3 Å². The summed E-state index contributed by atoms with van der Waals surface area (Å²) < 4.78 is 15.2. The molecular formula is C21H27N5O8S2. The number of ether oxygens (including phenoxy) is 3. The third-order valence-corrected chi connectivity index (χ3v) is 7.01. The molecule has 1 fully saturated rings. The topological polar surface area (TPSA) is 172 Å². The molecule has 3 heterocycles. The van der Waals surface area contributed by atoms with Crippen LogP contribution in [0.1, 0.15) is 26.0 Å². The molecule has 2 aliphatic heterocycles. The molecule has 2 atom stereocenters. The van der Waals surface area contributed by atoms with E-state index in [4.69, 9.17) is 24.8 Å². The molecule has 0 bridgehead atoms. The lowest BCUT2D eigenvalue weighted by molar-refractivity contribution is -0.168. The van der Waals surface area contributed by atoms with Crippen molar-refractivity contribution < 1.29 is 38.2 Å². The number of hydrogen-bond donors (Lipinski definition) is 2. The number of thioether (sulfide) groups is 1. The number of aromatic nitrogens is 1. The normalized spacial score (nSPS) is 19.5. The van der Waals surface area contributed by atoms with Gasteiger partial charge in [-0.25, -0.2) is 9.78 Å². The van der Waals surface area contributed by atoms with E-state index >= 15 is 0 Å². The second-order valence-electron chi connectivity index (χ2n) is 8.10. The maximum absolute atomic E-state index is 13.0. The third-order valence-electron chi connectivity index (χ3n) is 4.99. The monoisotopic (exact) mass is 541 g/mol. The Morgan fingerprint density at radius 3 is 2.67 bits per heavy atom. The summed E-state index contributed by atoms with van der Waals surface area (Å²) in [6, 6.07) is -0.934. The highest BCUT2D eigenvalue weighted by molar-refractivity contribution is 8.00. The minimum absolute atomic E-state index is 0.00839. The zero-order chi connectivity index (χ0) is 26.4. The molecule has 0 spiro atoms.